The average molecular weight is 356 g/mol. The second kappa shape index (κ2) is 15.0. The topological polar surface area (TPSA) is 80.0 Å². The Balaban J connectivity index is 3.44. The molecular weight excluding hydrogens is 330 g/mol. The van der Waals surface area contributed by atoms with Gasteiger partial charge < -0.3 is 24.7 Å². The molecule has 0 saturated heterocycles. The summed E-state index contributed by atoms with van der Waals surface area (Å²) in [7, 11) is 0. The van der Waals surface area contributed by atoms with Crippen molar-refractivity contribution >= 4 is 22.0 Å². The van der Waals surface area contributed by atoms with Crippen molar-refractivity contribution < 1.29 is 23.7 Å². The Morgan fingerprint density at radius 3 is 2.50 bits per heavy atom. The van der Waals surface area contributed by atoms with Crippen LogP contribution in [0, 0.1) is 0 Å². The molecule has 6 nitrogen and oxygen atoms in total. The van der Waals surface area contributed by atoms with Crippen molar-refractivity contribution in [2.45, 2.75) is 32.3 Å². The SMILES string of the molecule is CCCCC(COCCOCCOC(N)=O)OCCBr. The van der Waals surface area contributed by atoms with E-state index in [4.69, 9.17) is 19.9 Å². The number of halogens is 1. The molecule has 120 valence electrons. The molecule has 1 unspecified atom stereocenters. The van der Waals surface area contributed by atoms with Gasteiger partial charge in [-0.15, -0.1) is 0 Å². The summed E-state index contributed by atoms with van der Waals surface area (Å²) in [6.07, 6.45) is 2.66. The summed E-state index contributed by atoms with van der Waals surface area (Å²) in [6, 6.07) is 0. The van der Waals surface area contributed by atoms with Crippen LogP contribution in [-0.4, -0.2) is 57.2 Å². The van der Waals surface area contributed by atoms with Crippen LogP contribution < -0.4 is 5.73 Å². The van der Waals surface area contributed by atoms with Crippen LogP contribution in [0.2, 0.25) is 0 Å². The van der Waals surface area contributed by atoms with E-state index >= 15 is 0 Å². The van der Waals surface area contributed by atoms with Crippen molar-refractivity contribution in [3.05, 3.63) is 0 Å². The van der Waals surface area contributed by atoms with Gasteiger partial charge in [-0.05, 0) is 6.42 Å². The van der Waals surface area contributed by atoms with Crippen molar-refractivity contribution in [1.29, 1.82) is 0 Å². The molecule has 0 fully saturated rings. The Morgan fingerprint density at radius 1 is 1.15 bits per heavy atom. The fourth-order valence-corrected chi connectivity index (χ4v) is 1.68. The molecule has 7 heteroatoms. The zero-order valence-electron chi connectivity index (χ0n) is 12.1. The van der Waals surface area contributed by atoms with Crippen molar-refractivity contribution in [3.8, 4) is 0 Å². The standard InChI is InChI=1S/C13H26BrNO5/c1-2-3-4-12(19-6-5-14)11-18-8-7-17-9-10-20-13(15)16/h12H,2-11H2,1H3,(H2,15,16). The lowest BCUT2D eigenvalue weighted by atomic mass is 10.2. The molecule has 2 N–H and O–H groups in total. The molecule has 0 rings (SSSR count). The number of primary amides is 1. The van der Waals surface area contributed by atoms with E-state index < -0.39 is 6.09 Å². The van der Waals surface area contributed by atoms with E-state index in [0.29, 0.717) is 33.0 Å². The van der Waals surface area contributed by atoms with Crippen molar-refractivity contribution in [1.82, 2.24) is 0 Å². The number of amides is 1. The zero-order valence-corrected chi connectivity index (χ0v) is 13.7. The van der Waals surface area contributed by atoms with Crippen LogP contribution in [0.15, 0.2) is 0 Å². The van der Waals surface area contributed by atoms with Gasteiger partial charge in [-0.3, -0.25) is 0 Å². The van der Waals surface area contributed by atoms with E-state index in [1.807, 2.05) is 0 Å². The summed E-state index contributed by atoms with van der Waals surface area (Å²) in [5, 5.41) is 0.832. The van der Waals surface area contributed by atoms with E-state index in [1.165, 1.54) is 0 Å². The highest BCUT2D eigenvalue weighted by molar-refractivity contribution is 9.09. The first-order valence-electron chi connectivity index (χ1n) is 6.96. The van der Waals surface area contributed by atoms with Crippen LogP contribution in [0.3, 0.4) is 0 Å². The van der Waals surface area contributed by atoms with Crippen LogP contribution >= 0.6 is 15.9 Å². The fourth-order valence-electron chi connectivity index (χ4n) is 1.49. The zero-order chi connectivity index (χ0) is 15.1. The van der Waals surface area contributed by atoms with Crippen LogP contribution in [0.4, 0.5) is 4.79 Å². The third-order valence-corrected chi connectivity index (χ3v) is 2.78. The number of nitrogens with two attached hydrogens (primary N) is 1. The van der Waals surface area contributed by atoms with Gasteiger partial charge in [0.05, 0.1) is 39.1 Å². The Labute approximate surface area is 129 Å². The lowest BCUT2D eigenvalue weighted by molar-refractivity contribution is -0.0330. The Kier molecular flexibility index (Phi) is 14.7. The van der Waals surface area contributed by atoms with E-state index in [-0.39, 0.29) is 12.7 Å². The summed E-state index contributed by atoms with van der Waals surface area (Å²) in [5.41, 5.74) is 4.81. The molecule has 0 heterocycles. The highest BCUT2D eigenvalue weighted by atomic mass is 79.9. The number of carbonyl (C=O) groups is 1. The molecular formula is C13H26BrNO5. The van der Waals surface area contributed by atoms with E-state index in [1.54, 1.807) is 0 Å². The van der Waals surface area contributed by atoms with Crippen molar-refractivity contribution in [2.75, 3.05) is 45.0 Å². The smallest absolute Gasteiger partial charge is 0.404 e. The molecule has 0 aliphatic heterocycles. The van der Waals surface area contributed by atoms with Crippen LogP contribution in [-0.2, 0) is 18.9 Å². The molecule has 0 radical (unpaired) electrons. The minimum atomic E-state index is -0.785. The minimum absolute atomic E-state index is 0.144. The van der Waals surface area contributed by atoms with Crippen LogP contribution in [0.25, 0.3) is 0 Å². The van der Waals surface area contributed by atoms with Crippen molar-refractivity contribution in [2.24, 2.45) is 5.73 Å². The third-order valence-electron chi connectivity index (χ3n) is 2.46. The second-order valence-corrected chi connectivity index (χ2v) is 4.97. The fraction of sp³-hybridized carbons (Fsp3) is 0.923. The molecule has 0 aromatic heterocycles. The van der Waals surface area contributed by atoms with Gasteiger partial charge in [-0.1, -0.05) is 35.7 Å². The first-order chi connectivity index (χ1) is 9.70. The highest BCUT2D eigenvalue weighted by Crippen LogP contribution is 2.06. The van der Waals surface area contributed by atoms with Crippen molar-refractivity contribution in [3.63, 3.8) is 0 Å². The van der Waals surface area contributed by atoms with E-state index in [0.717, 1.165) is 24.6 Å². The molecule has 0 saturated carbocycles. The lowest BCUT2D eigenvalue weighted by Crippen LogP contribution is -2.22. The van der Waals surface area contributed by atoms with E-state index in [9.17, 15) is 4.79 Å². The molecule has 0 aromatic rings. The van der Waals surface area contributed by atoms with E-state index in [2.05, 4.69) is 27.6 Å². The highest BCUT2D eigenvalue weighted by Gasteiger charge is 2.08. The first-order valence-corrected chi connectivity index (χ1v) is 8.08. The molecule has 0 spiro atoms. The summed E-state index contributed by atoms with van der Waals surface area (Å²) >= 11 is 3.34. The molecule has 0 aliphatic carbocycles. The predicted molar refractivity (Wildman–Crippen MR) is 80.2 cm³/mol. The molecule has 0 aliphatic rings. The second-order valence-electron chi connectivity index (χ2n) is 4.18. The number of carbonyl (C=O) groups excluding carboxylic acids is 1. The van der Waals surface area contributed by atoms with Gasteiger partial charge in [-0.25, -0.2) is 4.79 Å². The Bertz CT molecular complexity index is 223. The normalized spacial score (nSPS) is 12.3. The molecule has 1 atom stereocenters. The van der Waals surface area contributed by atoms with Gasteiger partial charge in [0.1, 0.15) is 6.61 Å². The predicted octanol–water partition coefficient (Wildman–Crippen LogP) is 2.09. The monoisotopic (exact) mass is 355 g/mol. The summed E-state index contributed by atoms with van der Waals surface area (Å²) in [4.78, 5) is 10.3. The molecule has 20 heavy (non-hydrogen) atoms. The van der Waals surface area contributed by atoms with Crippen LogP contribution in [0.5, 0.6) is 0 Å². The number of alkyl halides is 1. The minimum Gasteiger partial charge on any atom is -0.447 e. The largest absolute Gasteiger partial charge is 0.447 e. The summed E-state index contributed by atoms with van der Waals surface area (Å²) < 4.78 is 20.9. The molecule has 1 amide bonds. The summed E-state index contributed by atoms with van der Waals surface area (Å²) in [6.45, 7) is 4.88. The van der Waals surface area contributed by atoms with Gasteiger partial charge in [0.2, 0.25) is 0 Å². The number of hydrogen-bond donors (Lipinski definition) is 1. The number of rotatable bonds is 14. The first kappa shape index (κ1) is 19.6. The number of unbranched alkanes of at least 4 members (excludes halogenated alkanes) is 1. The van der Waals surface area contributed by atoms with Gasteiger partial charge >= 0.3 is 6.09 Å². The Hall–Kier alpha value is -0.370. The third kappa shape index (κ3) is 14.0. The maximum absolute atomic E-state index is 10.3. The average Bonchev–Trinajstić information content (AvgIpc) is 2.43. The van der Waals surface area contributed by atoms with Crippen LogP contribution in [0.1, 0.15) is 26.2 Å². The molecule has 0 bridgehead atoms. The van der Waals surface area contributed by atoms with Gasteiger partial charge in [0, 0.05) is 5.33 Å². The quantitative estimate of drug-likeness (QED) is 0.381. The van der Waals surface area contributed by atoms with Gasteiger partial charge in [0.25, 0.3) is 0 Å². The maximum Gasteiger partial charge on any atom is 0.404 e. The molecule has 0 aromatic carbocycles. The maximum atomic E-state index is 10.3. The number of ether oxygens (including phenoxy) is 4. The number of hydrogen-bond acceptors (Lipinski definition) is 5. The van der Waals surface area contributed by atoms with Gasteiger partial charge in [-0.2, -0.15) is 0 Å². The summed E-state index contributed by atoms with van der Waals surface area (Å²) in [5.74, 6) is 0. The lowest BCUT2D eigenvalue weighted by Gasteiger charge is -2.17. The van der Waals surface area contributed by atoms with Gasteiger partial charge in [0.15, 0.2) is 0 Å². The Morgan fingerprint density at radius 2 is 1.85 bits per heavy atom.